The molecule has 31 heavy (non-hydrogen) atoms. The van der Waals surface area contributed by atoms with Gasteiger partial charge < -0.3 is 10.1 Å². The molecule has 6 nitrogen and oxygen atoms in total. The highest BCUT2D eigenvalue weighted by Crippen LogP contribution is 2.29. The lowest BCUT2D eigenvalue weighted by Gasteiger charge is -2.13. The highest BCUT2D eigenvalue weighted by molar-refractivity contribution is 9.10. The van der Waals surface area contributed by atoms with Gasteiger partial charge in [0.05, 0.1) is 29.8 Å². The van der Waals surface area contributed by atoms with E-state index in [1.807, 2.05) is 29.6 Å². The molecular formula is C21H15BrClN3O3S2. The third-order valence-corrected chi connectivity index (χ3v) is 6.90. The molecule has 1 N–H and O–H groups in total. The second-order valence-corrected chi connectivity index (χ2v) is 9.54. The number of methoxy groups -OCH3 is 1. The molecule has 0 unspecified atom stereocenters. The highest BCUT2D eigenvalue weighted by Gasteiger charge is 2.16. The Morgan fingerprint density at radius 2 is 2.03 bits per heavy atom. The van der Waals surface area contributed by atoms with Crippen molar-refractivity contribution in [2.24, 2.45) is 0 Å². The summed E-state index contributed by atoms with van der Waals surface area (Å²) in [5, 5.41) is 5.55. The zero-order valence-electron chi connectivity index (χ0n) is 16.1. The van der Waals surface area contributed by atoms with Gasteiger partial charge in [0.25, 0.3) is 5.56 Å². The van der Waals surface area contributed by atoms with Gasteiger partial charge >= 0.3 is 0 Å². The molecule has 0 aliphatic carbocycles. The fourth-order valence-corrected chi connectivity index (χ4v) is 4.91. The molecule has 4 aromatic rings. The summed E-state index contributed by atoms with van der Waals surface area (Å²) >= 11 is 12.0. The predicted octanol–water partition coefficient (Wildman–Crippen LogP) is 5.60. The van der Waals surface area contributed by atoms with Gasteiger partial charge in [-0.1, -0.05) is 39.3 Å². The minimum atomic E-state index is -0.271. The van der Waals surface area contributed by atoms with Gasteiger partial charge in [0.1, 0.15) is 10.4 Å². The van der Waals surface area contributed by atoms with Gasteiger partial charge in [-0.25, -0.2) is 4.98 Å². The number of nitrogens with one attached hydrogen (secondary N) is 1. The highest BCUT2D eigenvalue weighted by atomic mass is 79.9. The van der Waals surface area contributed by atoms with Crippen molar-refractivity contribution in [2.45, 2.75) is 5.16 Å². The molecule has 0 saturated heterocycles. The molecule has 0 aliphatic heterocycles. The van der Waals surface area contributed by atoms with Gasteiger partial charge in [-0.3, -0.25) is 14.2 Å². The van der Waals surface area contributed by atoms with Crippen LogP contribution in [0.15, 0.2) is 68.3 Å². The van der Waals surface area contributed by atoms with E-state index in [1.165, 1.54) is 34.8 Å². The number of amides is 1. The minimum Gasteiger partial charge on any atom is -0.495 e. The van der Waals surface area contributed by atoms with Crippen molar-refractivity contribution in [1.82, 2.24) is 9.55 Å². The predicted molar refractivity (Wildman–Crippen MR) is 130 cm³/mol. The van der Waals surface area contributed by atoms with Crippen molar-refractivity contribution < 1.29 is 9.53 Å². The van der Waals surface area contributed by atoms with Crippen LogP contribution < -0.4 is 15.6 Å². The Hall–Kier alpha value is -2.33. The Morgan fingerprint density at radius 1 is 1.26 bits per heavy atom. The molecule has 158 valence electrons. The minimum absolute atomic E-state index is 0.0499. The smallest absolute Gasteiger partial charge is 0.276 e. The third-order valence-electron chi connectivity index (χ3n) is 4.30. The van der Waals surface area contributed by atoms with Crippen LogP contribution >= 0.6 is 50.6 Å². The van der Waals surface area contributed by atoms with E-state index < -0.39 is 0 Å². The Balaban J connectivity index is 1.63. The largest absolute Gasteiger partial charge is 0.495 e. The van der Waals surface area contributed by atoms with E-state index in [9.17, 15) is 9.59 Å². The molecular weight excluding hydrogens is 522 g/mol. The number of rotatable bonds is 6. The average molecular weight is 537 g/mol. The van der Waals surface area contributed by atoms with E-state index in [4.69, 9.17) is 16.3 Å². The van der Waals surface area contributed by atoms with Gasteiger partial charge in [-0.15, -0.1) is 11.3 Å². The number of thiophene rings is 1. The van der Waals surface area contributed by atoms with Gasteiger partial charge in [-0.2, -0.15) is 0 Å². The summed E-state index contributed by atoms with van der Waals surface area (Å²) in [5.41, 5.74) is 1.60. The second-order valence-electron chi connectivity index (χ2n) is 6.33. The fraction of sp³-hybridized carbons (Fsp3) is 0.0952. The normalized spacial score (nSPS) is 10.9. The van der Waals surface area contributed by atoms with E-state index >= 15 is 0 Å². The van der Waals surface area contributed by atoms with E-state index in [0.29, 0.717) is 37.5 Å². The monoisotopic (exact) mass is 535 g/mol. The number of ether oxygens (including phenoxy) is 1. The van der Waals surface area contributed by atoms with Gasteiger partial charge in [-0.05, 0) is 53.9 Å². The molecule has 0 atom stereocenters. The molecule has 0 aliphatic rings. The Bertz CT molecular complexity index is 1320. The quantitative estimate of drug-likeness (QED) is 0.256. The van der Waals surface area contributed by atoms with Crippen LogP contribution in [-0.2, 0) is 4.79 Å². The maximum Gasteiger partial charge on any atom is 0.276 e. The molecule has 2 aromatic heterocycles. The van der Waals surface area contributed by atoms with Crippen molar-refractivity contribution in [3.05, 3.63) is 73.8 Å². The average Bonchev–Trinajstić information content (AvgIpc) is 3.22. The van der Waals surface area contributed by atoms with Crippen LogP contribution in [0.25, 0.3) is 15.9 Å². The summed E-state index contributed by atoms with van der Waals surface area (Å²) in [7, 11) is 1.52. The molecule has 0 bridgehead atoms. The number of carbonyl (C=O) groups is 1. The fourth-order valence-electron chi connectivity index (χ4n) is 2.90. The molecule has 2 heterocycles. The van der Waals surface area contributed by atoms with Crippen molar-refractivity contribution in [3.63, 3.8) is 0 Å². The Labute approximate surface area is 199 Å². The molecule has 1 amide bonds. The van der Waals surface area contributed by atoms with Crippen molar-refractivity contribution in [1.29, 1.82) is 0 Å². The molecule has 4 rings (SSSR count). The Kier molecular flexibility index (Phi) is 6.66. The van der Waals surface area contributed by atoms with E-state index in [-0.39, 0.29) is 17.2 Å². The van der Waals surface area contributed by atoms with Crippen LogP contribution in [0, 0.1) is 0 Å². The molecule has 2 aromatic carbocycles. The van der Waals surface area contributed by atoms with Crippen molar-refractivity contribution >= 4 is 72.4 Å². The van der Waals surface area contributed by atoms with Crippen LogP contribution in [-0.4, -0.2) is 28.3 Å². The number of thioether (sulfide) groups is 1. The lowest BCUT2D eigenvalue weighted by Crippen LogP contribution is -2.22. The molecule has 0 spiro atoms. The summed E-state index contributed by atoms with van der Waals surface area (Å²) in [6.07, 6.45) is 0. The zero-order valence-corrected chi connectivity index (χ0v) is 20.1. The molecule has 0 fully saturated rings. The summed E-state index contributed by atoms with van der Waals surface area (Å²) in [4.78, 5) is 30.4. The van der Waals surface area contributed by atoms with Crippen molar-refractivity contribution in [3.8, 4) is 11.4 Å². The van der Waals surface area contributed by atoms with E-state index in [2.05, 4.69) is 26.2 Å². The van der Waals surface area contributed by atoms with Gasteiger partial charge in [0.2, 0.25) is 5.91 Å². The first-order valence-corrected chi connectivity index (χ1v) is 12.0. The molecule has 0 radical (unpaired) electrons. The summed E-state index contributed by atoms with van der Waals surface area (Å²) in [6.45, 7) is 0. The summed E-state index contributed by atoms with van der Waals surface area (Å²) in [6, 6.07) is 14.1. The number of anilines is 1. The molecule has 0 saturated carbocycles. The summed E-state index contributed by atoms with van der Waals surface area (Å²) in [5.74, 6) is 0.286. The van der Waals surface area contributed by atoms with Crippen LogP contribution in [0.5, 0.6) is 5.75 Å². The maximum atomic E-state index is 13.1. The van der Waals surface area contributed by atoms with Crippen molar-refractivity contribution in [2.75, 3.05) is 18.2 Å². The lowest BCUT2D eigenvalue weighted by molar-refractivity contribution is -0.113. The number of halogens is 2. The number of hydrogen-bond acceptors (Lipinski definition) is 6. The first-order chi connectivity index (χ1) is 15.0. The number of nitrogens with zero attached hydrogens (tertiary/aromatic N) is 2. The number of carbonyl (C=O) groups excluding carboxylic acids is 1. The topological polar surface area (TPSA) is 73.2 Å². The van der Waals surface area contributed by atoms with Crippen LogP contribution in [0.3, 0.4) is 0 Å². The van der Waals surface area contributed by atoms with E-state index in [0.717, 1.165) is 4.47 Å². The number of aromatic nitrogens is 2. The number of fused-ring (bicyclic) bond motifs is 1. The van der Waals surface area contributed by atoms with Crippen LogP contribution in [0.2, 0.25) is 5.02 Å². The number of hydrogen-bond donors (Lipinski definition) is 1. The Morgan fingerprint density at radius 3 is 2.77 bits per heavy atom. The van der Waals surface area contributed by atoms with Crippen LogP contribution in [0.4, 0.5) is 5.69 Å². The first-order valence-electron chi connectivity index (χ1n) is 8.98. The number of benzene rings is 2. The first kappa shape index (κ1) is 21.9. The molecule has 10 heteroatoms. The lowest BCUT2D eigenvalue weighted by atomic mass is 10.3. The van der Waals surface area contributed by atoms with Gasteiger partial charge in [0.15, 0.2) is 5.16 Å². The third kappa shape index (κ3) is 4.79. The SMILES string of the molecule is COc1ccc(Cl)cc1NC(=O)CSc1nc2ccsc2c(=O)n1-c1ccc(Br)cc1. The van der Waals surface area contributed by atoms with E-state index in [1.54, 1.807) is 24.3 Å². The zero-order chi connectivity index (χ0) is 22.0. The van der Waals surface area contributed by atoms with Crippen LogP contribution in [0.1, 0.15) is 0 Å². The summed E-state index contributed by atoms with van der Waals surface area (Å²) < 4.78 is 8.27. The van der Waals surface area contributed by atoms with Gasteiger partial charge in [0, 0.05) is 9.50 Å². The standard InChI is InChI=1S/C21H15BrClN3O3S2/c1-29-17-7-4-13(23)10-16(17)24-18(27)11-31-21-25-15-8-9-30-19(15)20(28)26(21)14-5-2-12(22)3-6-14/h2-10H,11H2,1H3,(H,24,27). The maximum absolute atomic E-state index is 13.1. The second kappa shape index (κ2) is 9.44.